The van der Waals surface area contributed by atoms with Crippen LogP contribution in [-0.2, 0) is 24.2 Å². The lowest BCUT2D eigenvalue weighted by atomic mass is 9.91. The van der Waals surface area contributed by atoms with Gasteiger partial charge >= 0.3 is 5.91 Å². The van der Waals surface area contributed by atoms with Crippen molar-refractivity contribution in [3.63, 3.8) is 0 Å². The standard InChI is InChI=1S/C22H27N3O2/c1-5-17-12-16(14-23)13-18(6-2)20(17)21(26)22(27)25(4)24-15(3)19-10-8-7-9-11-19/h7-13H,5-6,14,23H2,1-4H3. The van der Waals surface area contributed by atoms with E-state index in [1.54, 1.807) is 0 Å². The number of aryl methyl sites for hydroxylation is 2. The highest BCUT2D eigenvalue weighted by Crippen LogP contribution is 2.21. The lowest BCUT2D eigenvalue weighted by Gasteiger charge is -2.17. The molecule has 0 saturated heterocycles. The Hall–Kier alpha value is -2.79. The van der Waals surface area contributed by atoms with Crippen LogP contribution >= 0.6 is 0 Å². The summed E-state index contributed by atoms with van der Waals surface area (Å²) in [4.78, 5) is 25.7. The van der Waals surface area contributed by atoms with Crippen LogP contribution in [0.5, 0.6) is 0 Å². The summed E-state index contributed by atoms with van der Waals surface area (Å²) in [6.07, 6.45) is 1.32. The van der Waals surface area contributed by atoms with Crippen LogP contribution in [0, 0.1) is 0 Å². The van der Waals surface area contributed by atoms with Crippen LogP contribution < -0.4 is 5.73 Å². The molecule has 0 aliphatic carbocycles. The number of nitrogens with zero attached hydrogens (tertiary/aromatic N) is 2. The quantitative estimate of drug-likeness (QED) is 0.354. The highest BCUT2D eigenvalue weighted by molar-refractivity contribution is 6.43. The molecule has 0 bridgehead atoms. The Labute approximate surface area is 160 Å². The summed E-state index contributed by atoms with van der Waals surface area (Å²) in [7, 11) is 1.51. The smallest absolute Gasteiger partial charge is 0.314 e. The van der Waals surface area contributed by atoms with Gasteiger partial charge in [-0.25, -0.2) is 5.01 Å². The monoisotopic (exact) mass is 365 g/mol. The van der Waals surface area contributed by atoms with Crippen LogP contribution in [0.4, 0.5) is 0 Å². The zero-order valence-electron chi connectivity index (χ0n) is 16.5. The molecule has 27 heavy (non-hydrogen) atoms. The number of rotatable bonds is 7. The number of likely N-dealkylation sites (N-methyl/N-ethyl adjacent to an activating group) is 1. The van der Waals surface area contributed by atoms with Gasteiger partial charge in [-0.05, 0) is 42.0 Å². The number of carbonyl (C=O) groups is 2. The fraction of sp³-hybridized carbons (Fsp3) is 0.318. The van der Waals surface area contributed by atoms with Gasteiger partial charge in [0.05, 0.1) is 5.71 Å². The number of Topliss-reactive ketones (excluding diaryl/α,β-unsaturated/α-hetero) is 1. The number of hydrogen-bond donors (Lipinski definition) is 1. The highest BCUT2D eigenvalue weighted by Gasteiger charge is 2.25. The maximum absolute atomic E-state index is 13.0. The van der Waals surface area contributed by atoms with Gasteiger partial charge < -0.3 is 5.73 Å². The normalized spacial score (nSPS) is 11.4. The summed E-state index contributed by atoms with van der Waals surface area (Å²) in [5.74, 6) is -1.17. The largest absolute Gasteiger partial charge is 0.326 e. The van der Waals surface area contributed by atoms with Gasteiger partial charge in [-0.1, -0.05) is 56.3 Å². The Bertz CT molecular complexity index is 832. The van der Waals surface area contributed by atoms with E-state index < -0.39 is 11.7 Å². The second-order valence-corrected chi connectivity index (χ2v) is 6.41. The minimum Gasteiger partial charge on any atom is -0.326 e. The average molecular weight is 365 g/mol. The number of ketones is 1. The molecule has 0 aliphatic rings. The second kappa shape index (κ2) is 9.24. The molecule has 2 rings (SSSR count). The third-order valence-electron chi connectivity index (χ3n) is 4.57. The molecular weight excluding hydrogens is 338 g/mol. The third-order valence-corrected chi connectivity index (χ3v) is 4.57. The molecular formula is C22H27N3O2. The van der Waals surface area contributed by atoms with Crippen molar-refractivity contribution in [2.45, 2.75) is 40.2 Å². The molecule has 0 aromatic heterocycles. The fourth-order valence-corrected chi connectivity index (χ4v) is 3.07. The first-order valence-corrected chi connectivity index (χ1v) is 9.20. The Kier molecular flexibility index (Phi) is 7.02. The molecule has 0 spiro atoms. The number of carbonyl (C=O) groups excluding carboxylic acids is 2. The van der Waals surface area contributed by atoms with E-state index >= 15 is 0 Å². The minimum absolute atomic E-state index is 0.406. The lowest BCUT2D eigenvalue weighted by Crippen LogP contribution is -2.31. The Morgan fingerprint density at radius 1 is 1.04 bits per heavy atom. The Morgan fingerprint density at radius 3 is 2.07 bits per heavy atom. The molecule has 1 amide bonds. The van der Waals surface area contributed by atoms with Gasteiger partial charge in [-0.3, -0.25) is 9.59 Å². The maximum atomic E-state index is 13.0. The molecule has 0 aliphatic heterocycles. The Balaban J connectivity index is 2.35. The molecule has 2 aromatic rings. The molecule has 142 valence electrons. The molecule has 0 radical (unpaired) electrons. The molecule has 2 N–H and O–H groups in total. The molecule has 0 fully saturated rings. The third kappa shape index (κ3) is 4.68. The van der Waals surface area contributed by atoms with E-state index in [4.69, 9.17) is 5.73 Å². The van der Waals surface area contributed by atoms with E-state index in [1.807, 2.05) is 63.2 Å². The average Bonchev–Trinajstić information content (AvgIpc) is 2.71. The summed E-state index contributed by atoms with van der Waals surface area (Å²) in [6.45, 7) is 6.16. The maximum Gasteiger partial charge on any atom is 0.314 e. The molecule has 0 unspecified atom stereocenters. The van der Waals surface area contributed by atoms with Crippen molar-refractivity contribution in [1.82, 2.24) is 5.01 Å². The van der Waals surface area contributed by atoms with Gasteiger partial charge in [0, 0.05) is 19.2 Å². The van der Waals surface area contributed by atoms with E-state index in [0.717, 1.165) is 27.3 Å². The van der Waals surface area contributed by atoms with Crippen molar-refractivity contribution in [3.05, 3.63) is 70.3 Å². The van der Waals surface area contributed by atoms with Crippen molar-refractivity contribution >= 4 is 17.4 Å². The summed E-state index contributed by atoms with van der Waals surface area (Å²) < 4.78 is 0. The minimum atomic E-state index is -0.643. The molecule has 5 heteroatoms. The summed E-state index contributed by atoms with van der Waals surface area (Å²) in [5.41, 5.74) is 10.5. The van der Waals surface area contributed by atoms with Crippen LogP contribution in [0.3, 0.4) is 0 Å². The topological polar surface area (TPSA) is 75.8 Å². The zero-order chi connectivity index (χ0) is 20.0. The van der Waals surface area contributed by atoms with Crippen molar-refractivity contribution < 1.29 is 9.59 Å². The van der Waals surface area contributed by atoms with Crippen LogP contribution in [0.2, 0.25) is 0 Å². The number of hydrazone groups is 1. The number of nitrogens with two attached hydrogens (primary N) is 1. The van der Waals surface area contributed by atoms with E-state index in [2.05, 4.69) is 5.10 Å². The van der Waals surface area contributed by atoms with Crippen molar-refractivity contribution in [2.75, 3.05) is 7.05 Å². The predicted molar refractivity (Wildman–Crippen MR) is 109 cm³/mol. The van der Waals surface area contributed by atoms with Gasteiger partial charge in [0.15, 0.2) is 0 Å². The van der Waals surface area contributed by atoms with Crippen molar-refractivity contribution in [2.24, 2.45) is 10.8 Å². The molecule has 2 aromatic carbocycles. The van der Waals surface area contributed by atoms with Gasteiger partial charge in [0.25, 0.3) is 5.78 Å². The molecule has 5 nitrogen and oxygen atoms in total. The van der Waals surface area contributed by atoms with Gasteiger partial charge in [-0.15, -0.1) is 0 Å². The predicted octanol–water partition coefficient (Wildman–Crippen LogP) is 3.34. The fourth-order valence-electron chi connectivity index (χ4n) is 3.07. The molecule has 0 atom stereocenters. The first-order chi connectivity index (χ1) is 12.9. The summed E-state index contributed by atoms with van der Waals surface area (Å²) in [5, 5.41) is 5.42. The van der Waals surface area contributed by atoms with E-state index in [9.17, 15) is 9.59 Å². The lowest BCUT2D eigenvalue weighted by molar-refractivity contribution is -0.125. The van der Waals surface area contributed by atoms with Crippen molar-refractivity contribution in [3.8, 4) is 0 Å². The van der Waals surface area contributed by atoms with Crippen molar-refractivity contribution in [1.29, 1.82) is 0 Å². The number of amides is 1. The number of hydrogen-bond acceptors (Lipinski definition) is 4. The Morgan fingerprint density at radius 2 is 1.59 bits per heavy atom. The summed E-state index contributed by atoms with van der Waals surface area (Å²) in [6, 6.07) is 13.4. The van der Waals surface area contributed by atoms with Crippen LogP contribution in [0.25, 0.3) is 0 Å². The van der Waals surface area contributed by atoms with Gasteiger partial charge in [0.1, 0.15) is 0 Å². The second-order valence-electron chi connectivity index (χ2n) is 6.41. The summed E-state index contributed by atoms with van der Waals surface area (Å²) >= 11 is 0. The SMILES string of the molecule is CCc1cc(CN)cc(CC)c1C(=O)C(=O)N(C)N=C(C)c1ccccc1. The highest BCUT2D eigenvalue weighted by atomic mass is 16.2. The first-order valence-electron chi connectivity index (χ1n) is 9.20. The van der Waals surface area contributed by atoms with Crippen LogP contribution in [-0.4, -0.2) is 29.5 Å². The molecule has 0 saturated carbocycles. The molecule has 0 heterocycles. The van der Waals surface area contributed by atoms with Gasteiger partial charge in [-0.2, -0.15) is 5.10 Å². The van der Waals surface area contributed by atoms with E-state index in [0.29, 0.717) is 30.7 Å². The van der Waals surface area contributed by atoms with E-state index in [1.165, 1.54) is 7.05 Å². The van der Waals surface area contributed by atoms with Crippen LogP contribution in [0.1, 0.15) is 53.4 Å². The zero-order valence-corrected chi connectivity index (χ0v) is 16.5. The van der Waals surface area contributed by atoms with Crippen LogP contribution in [0.15, 0.2) is 47.6 Å². The number of benzene rings is 2. The first kappa shape index (κ1) is 20.5. The van der Waals surface area contributed by atoms with E-state index in [-0.39, 0.29) is 0 Å². The van der Waals surface area contributed by atoms with Gasteiger partial charge in [0.2, 0.25) is 0 Å².